The highest BCUT2D eigenvalue weighted by Gasteiger charge is 2.31. The maximum atomic E-state index is 11.3. The Kier molecular flexibility index (Phi) is 4.75. The van der Waals surface area contributed by atoms with Crippen LogP contribution in [0.15, 0.2) is 24.3 Å². The second kappa shape index (κ2) is 6.21. The van der Waals surface area contributed by atoms with Crippen molar-refractivity contribution >= 4 is 5.97 Å². The quantitative estimate of drug-likeness (QED) is 0.830. The van der Waals surface area contributed by atoms with Gasteiger partial charge in [0.15, 0.2) is 0 Å². The highest BCUT2D eigenvalue weighted by molar-refractivity contribution is 5.76. The summed E-state index contributed by atoms with van der Waals surface area (Å²) in [4.78, 5) is 11.3. The smallest absolute Gasteiger partial charge is 0.310 e. The largest absolute Gasteiger partial charge is 0.481 e. The molecule has 2 nitrogen and oxygen atoms in total. The van der Waals surface area contributed by atoms with Crippen LogP contribution < -0.4 is 0 Å². The predicted octanol–water partition coefficient (Wildman–Crippen LogP) is 5.19. The minimum atomic E-state index is -0.731. The van der Waals surface area contributed by atoms with E-state index in [4.69, 9.17) is 0 Å². The second-order valence-electron chi connectivity index (χ2n) is 7.60. The van der Waals surface area contributed by atoms with Crippen LogP contribution in [0.3, 0.4) is 0 Å². The molecule has 1 N–H and O–H groups in total. The van der Waals surface area contributed by atoms with Gasteiger partial charge >= 0.3 is 5.97 Å². The van der Waals surface area contributed by atoms with Crippen LogP contribution in [0, 0.1) is 11.3 Å². The SMILES string of the molecule is CC(C(=O)O)c1ccccc1C1CCC(C(C)(C)C)CC1. The van der Waals surface area contributed by atoms with Crippen molar-refractivity contribution in [2.24, 2.45) is 11.3 Å². The van der Waals surface area contributed by atoms with Gasteiger partial charge in [0.05, 0.1) is 5.92 Å². The topological polar surface area (TPSA) is 37.3 Å². The number of rotatable bonds is 3. The van der Waals surface area contributed by atoms with E-state index in [0.29, 0.717) is 11.3 Å². The molecule has 21 heavy (non-hydrogen) atoms. The summed E-state index contributed by atoms with van der Waals surface area (Å²) in [6.07, 6.45) is 4.88. The van der Waals surface area contributed by atoms with Gasteiger partial charge in [0.25, 0.3) is 0 Å². The van der Waals surface area contributed by atoms with Crippen molar-refractivity contribution in [2.75, 3.05) is 0 Å². The summed E-state index contributed by atoms with van der Waals surface area (Å²) in [5.41, 5.74) is 2.66. The summed E-state index contributed by atoms with van der Waals surface area (Å²) in [5, 5.41) is 9.31. The number of carboxylic acids is 1. The molecule has 0 aliphatic heterocycles. The molecule has 1 aliphatic carbocycles. The molecule has 0 saturated heterocycles. The van der Waals surface area contributed by atoms with Crippen LogP contribution in [0.4, 0.5) is 0 Å². The van der Waals surface area contributed by atoms with Crippen LogP contribution in [-0.4, -0.2) is 11.1 Å². The number of hydrogen-bond acceptors (Lipinski definition) is 1. The van der Waals surface area contributed by atoms with Gasteiger partial charge in [-0.15, -0.1) is 0 Å². The molecule has 1 atom stereocenters. The first-order valence-corrected chi connectivity index (χ1v) is 8.12. The molecule has 1 fully saturated rings. The lowest BCUT2D eigenvalue weighted by Gasteiger charge is -2.37. The summed E-state index contributed by atoms with van der Waals surface area (Å²) in [7, 11) is 0. The summed E-state index contributed by atoms with van der Waals surface area (Å²) >= 11 is 0. The van der Waals surface area contributed by atoms with Gasteiger partial charge in [0, 0.05) is 0 Å². The van der Waals surface area contributed by atoms with E-state index in [2.05, 4.69) is 26.8 Å². The zero-order valence-corrected chi connectivity index (χ0v) is 13.7. The van der Waals surface area contributed by atoms with E-state index in [9.17, 15) is 9.90 Å². The molecule has 2 rings (SSSR count). The van der Waals surface area contributed by atoms with E-state index in [1.54, 1.807) is 6.92 Å². The number of benzene rings is 1. The van der Waals surface area contributed by atoms with Crippen LogP contribution in [0.25, 0.3) is 0 Å². The van der Waals surface area contributed by atoms with E-state index >= 15 is 0 Å². The highest BCUT2D eigenvalue weighted by atomic mass is 16.4. The monoisotopic (exact) mass is 288 g/mol. The summed E-state index contributed by atoms with van der Waals surface area (Å²) in [5.74, 6) is 0.173. The van der Waals surface area contributed by atoms with Gasteiger partial charge in [-0.3, -0.25) is 4.79 Å². The Hall–Kier alpha value is -1.31. The fourth-order valence-electron chi connectivity index (χ4n) is 3.68. The third kappa shape index (κ3) is 3.66. The van der Waals surface area contributed by atoms with Crippen LogP contribution in [-0.2, 0) is 4.79 Å². The van der Waals surface area contributed by atoms with E-state index < -0.39 is 11.9 Å². The lowest BCUT2D eigenvalue weighted by atomic mass is 9.68. The van der Waals surface area contributed by atoms with Crippen LogP contribution in [0.5, 0.6) is 0 Å². The van der Waals surface area contributed by atoms with E-state index in [1.165, 1.54) is 31.2 Å². The Bertz CT molecular complexity index is 491. The molecule has 1 saturated carbocycles. The average Bonchev–Trinajstić information content (AvgIpc) is 2.45. The third-order valence-corrected chi connectivity index (χ3v) is 5.22. The van der Waals surface area contributed by atoms with E-state index in [-0.39, 0.29) is 0 Å². The fourth-order valence-corrected chi connectivity index (χ4v) is 3.68. The summed E-state index contributed by atoms with van der Waals surface area (Å²) in [6.45, 7) is 8.79. The van der Waals surface area contributed by atoms with Crippen LogP contribution >= 0.6 is 0 Å². The lowest BCUT2D eigenvalue weighted by molar-refractivity contribution is -0.138. The van der Waals surface area contributed by atoms with Gasteiger partial charge in [-0.25, -0.2) is 0 Å². The van der Waals surface area contributed by atoms with Gasteiger partial charge < -0.3 is 5.11 Å². The molecule has 0 bridgehead atoms. The van der Waals surface area contributed by atoms with Crippen molar-refractivity contribution in [1.29, 1.82) is 0 Å². The molecule has 0 amide bonds. The Morgan fingerprint density at radius 3 is 2.24 bits per heavy atom. The lowest BCUT2D eigenvalue weighted by Crippen LogP contribution is -2.25. The predicted molar refractivity (Wildman–Crippen MR) is 86.6 cm³/mol. The first kappa shape index (κ1) is 16.1. The molecule has 1 aromatic carbocycles. The van der Waals surface area contributed by atoms with Crippen molar-refractivity contribution in [1.82, 2.24) is 0 Å². The molecule has 116 valence electrons. The molecule has 2 heteroatoms. The molecule has 0 heterocycles. The molecule has 1 unspecified atom stereocenters. The maximum absolute atomic E-state index is 11.3. The molecule has 0 radical (unpaired) electrons. The van der Waals surface area contributed by atoms with Crippen molar-refractivity contribution in [3.05, 3.63) is 35.4 Å². The number of hydrogen-bond donors (Lipinski definition) is 1. The Balaban J connectivity index is 2.16. The maximum Gasteiger partial charge on any atom is 0.310 e. The average molecular weight is 288 g/mol. The van der Waals surface area contributed by atoms with Crippen LogP contribution in [0.1, 0.15) is 76.3 Å². The molecular weight excluding hydrogens is 260 g/mol. The van der Waals surface area contributed by atoms with Gasteiger partial charge in [-0.1, -0.05) is 45.0 Å². The first-order valence-electron chi connectivity index (χ1n) is 8.12. The molecule has 1 aromatic rings. The van der Waals surface area contributed by atoms with E-state index in [0.717, 1.165) is 11.5 Å². The number of aliphatic carboxylic acids is 1. The zero-order chi connectivity index (χ0) is 15.6. The molecular formula is C19H28O2. The van der Waals surface area contributed by atoms with Crippen molar-refractivity contribution in [3.8, 4) is 0 Å². The number of carbonyl (C=O) groups is 1. The zero-order valence-electron chi connectivity index (χ0n) is 13.7. The van der Waals surface area contributed by atoms with Crippen molar-refractivity contribution in [3.63, 3.8) is 0 Å². The van der Waals surface area contributed by atoms with Gasteiger partial charge in [0.2, 0.25) is 0 Å². The van der Waals surface area contributed by atoms with Crippen molar-refractivity contribution in [2.45, 2.75) is 65.2 Å². The Labute approximate surface area is 128 Å². The first-order chi connectivity index (χ1) is 9.80. The minimum Gasteiger partial charge on any atom is -0.481 e. The molecule has 0 aromatic heterocycles. The highest BCUT2D eigenvalue weighted by Crippen LogP contribution is 2.44. The van der Waals surface area contributed by atoms with Crippen LogP contribution in [0.2, 0.25) is 0 Å². The fraction of sp³-hybridized carbons (Fsp3) is 0.632. The second-order valence-corrected chi connectivity index (χ2v) is 7.60. The summed E-state index contributed by atoms with van der Waals surface area (Å²) < 4.78 is 0. The van der Waals surface area contributed by atoms with Gasteiger partial charge in [-0.05, 0) is 61.0 Å². The van der Waals surface area contributed by atoms with Gasteiger partial charge in [-0.2, -0.15) is 0 Å². The van der Waals surface area contributed by atoms with Gasteiger partial charge in [0.1, 0.15) is 0 Å². The minimum absolute atomic E-state index is 0.388. The Morgan fingerprint density at radius 2 is 1.71 bits per heavy atom. The summed E-state index contributed by atoms with van der Waals surface area (Å²) in [6, 6.07) is 8.13. The standard InChI is InChI=1S/C19H28O2/c1-13(18(20)21)16-7-5-6-8-17(16)14-9-11-15(12-10-14)19(2,3)4/h5-8,13-15H,9-12H2,1-4H3,(H,20,21). The molecule has 0 spiro atoms. The normalized spacial score (nSPS) is 24.6. The molecule has 1 aliphatic rings. The number of carboxylic acid groups (broad SMARTS) is 1. The van der Waals surface area contributed by atoms with Crippen molar-refractivity contribution < 1.29 is 9.90 Å². The van der Waals surface area contributed by atoms with E-state index in [1.807, 2.05) is 18.2 Å². The Morgan fingerprint density at radius 1 is 1.14 bits per heavy atom. The third-order valence-electron chi connectivity index (χ3n) is 5.22.